The smallest absolute Gasteiger partial charge is 0.0616 e. The first-order valence-electron chi connectivity index (χ1n) is 4.55. The second-order valence-electron chi connectivity index (χ2n) is 2.82. The van der Waals surface area contributed by atoms with Gasteiger partial charge in [-0.3, -0.25) is 0 Å². The molecule has 1 unspecified atom stereocenters. The van der Waals surface area contributed by atoms with Crippen molar-refractivity contribution in [3.05, 3.63) is 0 Å². The first kappa shape index (κ1) is 11.5. The number of ether oxygens (including phenoxy) is 1. The Bertz CT molecular complexity index is 128. The van der Waals surface area contributed by atoms with Crippen LogP contribution < -0.4 is 5.32 Å². The van der Waals surface area contributed by atoms with E-state index < -0.39 is 0 Å². The van der Waals surface area contributed by atoms with E-state index in [9.17, 15) is 0 Å². The third-order valence-electron chi connectivity index (χ3n) is 1.56. The van der Waals surface area contributed by atoms with Gasteiger partial charge in [0.05, 0.1) is 6.61 Å². The van der Waals surface area contributed by atoms with Gasteiger partial charge in [-0.25, -0.2) is 0 Å². The van der Waals surface area contributed by atoms with Gasteiger partial charge >= 0.3 is 0 Å². The zero-order valence-electron chi connectivity index (χ0n) is 8.10. The number of nitrogens with one attached hydrogen (secondary N) is 1. The van der Waals surface area contributed by atoms with E-state index in [1.54, 1.807) is 0 Å². The van der Waals surface area contributed by atoms with Crippen molar-refractivity contribution < 1.29 is 4.74 Å². The summed E-state index contributed by atoms with van der Waals surface area (Å²) < 4.78 is 5.25. The van der Waals surface area contributed by atoms with Gasteiger partial charge in [0, 0.05) is 19.1 Å². The summed E-state index contributed by atoms with van der Waals surface area (Å²) in [4.78, 5) is 0. The second kappa shape index (κ2) is 8.58. The van der Waals surface area contributed by atoms with E-state index in [1.807, 2.05) is 6.92 Å². The molecule has 12 heavy (non-hydrogen) atoms. The predicted molar refractivity (Wildman–Crippen MR) is 52.0 cm³/mol. The molecule has 0 rings (SSSR count). The molecule has 0 aromatic carbocycles. The fourth-order valence-corrected chi connectivity index (χ4v) is 0.892. The highest BCUT2D eigenvalue weighted by atomic mass is 16.5. The van der Waals surface area contributed by atoms with Gasteiger partial charge in [0.25, 0.3) is 0 Å². The lowest BCUT2D eigenvalue weighted by Gasteiger charge is -2.12. The van der Waals surface area contributed by atoms with Crippen LogP contribution in [0.5, 0.6) is 0 Å². The zero-order valence-corrected chi connectivity index (χ0v) is 8.10. The van der Waals surface area contributed by atoms with Crippen molar-refractivity contribution >= 4 is 0 Å². The van der Waals surface area contributed by atoms with Crippen LogP contribution in [-0.2, 0) is 4.74 Å². The minimum absolute atomic E-state index is 0.433. The highest BCUT2D eigenvalue weighted by Crippen LogP contribution is 1.87. The number of unbranched alkanes of at least 4 members (excludes halogenated alkanes) is 1. The van der Waals surface area contributed by atoms with Crippen LogP contribution in [0.1, 0.15) is 26.7 Å². The lowest BCUT2D eigenvalue weighted by molar-refractivity contribution is 0.127. The van der Waals surface area contributed by atoms with Gasteiger partial charge < -0.3 is 10.1 Å². The molecule has 0 saturated heterocycles. The lowest BCUT2D eigenvalue weighted by Crippen LogP contribution is -2.31. The summed E-state index contributed by atoms with van der Waals surface area (Å²) in [6, 6.07) is 0.433. The highest BCUT2D eigenvalue weighted by molar-refractivity contribution is 4.83. The van der Waals surface area contributed by atoms with E-state index in [4.69, 9.17) is 11.2 Å². The normalized spacial score (nSPS) is 12.4. The molecule has 2 heteroatoms. The Balaban J connectivity index is 3.09. The van der Waals surface area contributed by atoms with Crippen molar-refractivity contribution in [2.24, 2.45) is 0 Å². The number of rotatable bonds is 7. The summed E-state index contributed by atoms with van der Waals surface area (Å²) in [6.45, 7) is 6.68. The molecule has 0 aromatic rings. The van der Waals surface area contributed by atoms with Crippen molar-refractivity contribution in [2.75, 3.05) is 19.8 Å². The minimum Gasteiger partial charge on any atom is -0.380 e. The van der Waals surface area contributed by atoms with E-state index in [1.165, 1.54) is 0 Å². The third kappa shape index (κ3) is 7.59. The Morgan fingerprint density at radius 3 is 2.92 bits per heavy atom. The van der Waals surface area contributed by atoms with Gasteiger partial charge in [0.15, 0.2) is 0 Å². The van der Waals surface area contributed by atoms with Crippen molar-refractivity contribution in [2.45, 2.75) is 32.7 Å². The molecule has 0 aliphatic heterocycles. The van der Waals surface area contributed by atoms with Gasteiger partial charge in [-0.15, -0.1) is 12.3 Å². The van der Waals surface area contributed by atoms with Gasteiger partial charge in [-0.05, 0) is 26.8 Å². The van der Waals surface area contributed by atoms with E-state index in [0.29, 0.717) is 6.04 Å². The Kier molecular flexibility index (Phi) is 8.20. The quantitative estimate of drug-likeness (QED) is 0.459. The fraction of sp³-hybridized carbons (Fsp3) is 0.800. The van der Waals surface area contributed by atoms with Crippen LogP contribution in [0.25, 0.3) is 0 Å². The lowest BCUT2D eigenvalue weighted by atomic mass is 10.3. The molecule has 0 aliphatic carbocycles. The highest BCUT2D eigenvalue weighted by Gasteiger charge is 1.98. The maximum absolute atomic E-state index is 5.25. The first-order valence-corrected chi connectivity index (χ1v) is 4.55. The Hall–Kier alpha value is -0.520. The molecular weight excluding hydrogens is 150 g/mol. The van der Waals surface area contributed by atoms with Crippen LogP contribution in [-0.4, -0.2) is 25.8 Å². The molecular formula is C10H19NO. The summed E-state index contributed by atoms with van der Waals surface area (Å²) in [5.74, 6) is 2.61. The van der Waals surface area contributed by atoms with Crippen molar-refractivity contribution in [3.8, 4) is 12.3 Å². The maximum atomic E-state index is 5.25. The number of hydrogen-bond donors (Lipinski definition) is 1. The topological polar surface area (TPSA) is 21.3 Å². The van der Waals surface area contributed by atoms with Crippen LogP contribution in [0.15, 0.2) is 0 Å². The fourth-order valence-electron chi connectivity index (χ4n) is 0.892. The largest absolute Gasteiger partial charge is 0.380 e. The molecule has 1 atom stereocenters. The van der Waals surface area contributed by atoms with Crippen LogP contribution in [0.2, 0.25) is 0 Å². The van der Waals surface area contributed by atoms with Crippen LogP contribution in [0.3, 0.4) is 0 Å². The molecule has 2 nitrogen and oxygen atoms in total. The summed E-state index contributed by atoms with van der Waals surface area (Å²) >= 11 is 0. The second-order valence-corrected chi connectivity index (χ2v) is 2.82. The molecule has 0 aliphatic rings. The predicted octanol–water partition coefficient (Wildman–Crippen LogP) is 1.41. The molecule has 0 spiro atoms. The van der Waals surface area contributed by atoms with Gasteiger partial charge in [-0.2, -0.15) is 0 Å². The third-order valence-corrected chi connectivity index (χ3v) is 1.56. The average molecular weight is 169 g/mol. The van der Waals surface area contributed by atoms with E-state index >= 15 is 0 Å². The van der Waals surface area contributed by atoms with E-state index in [-0.39, 0.29) is 0 Å². The van der Waals surface area contributed by atoms with Crippen molar-refractivity contribution in [1.82, 2.24) is 5.32 Å². The van der Waals surface area contributed by atoms with Gasteiger partial charge in [0.2, 0.25) is 0 Å². The van der Waals surface area contributed by atoms with Crippen molar-refractivity contribution in [3.63, 3.8) is 0 Å². The Morgan fingerprint density at radius 2 is 2.33 bits per heavy atom. The van der Waals surface area contributed by atoms with Crippen LogP contribution in [0.4, 0.5) is 0 Å². The van der Waals surface area contributed by atoms with Gasteiger partial charge in [0.1, 0.15) is 0 Å². The molecule has 0 heterocycles. The summed E-state index contributed by atoms with van der Waals surface area (Å²) in [7, 11) is 0. The molecule has 1 N–H and O–H groups in total. The molecule has 0 aromatic heterocycles. The van der Waals surface area contributed by atoms with E-state index in [2.05, 4.69) is 18.2 Å². The maximum Gasteiger partial charge on any atom is 0.0616 e. The molecule has 0 bridgehead atoms. The van der Waals surface area contributed by atoms with Crippen molar-refractivity contribution in [1.29, 1.82) is 0 Å². The Labute approximate surface area is 75.7 Å². The molecule has 0 saturated carbocycles. The summed E-state index contributed by atoms with van der Waals surface area (Å²) in [5, 5.41) is 3.33. The number of hydrogen-bond acceptors (Lipinski definition) is 2. The molecule has 0 fully saturated rings. The molecule has 0 amide bonds. The monoisotopic (exact) mass is 169 g/mol. The molecule has 70 valence electrons. The SMILES string of the molecule is C#CCCCNC(C)COCC. The zero-order chi connectivity index (χ0) is 9.23. The molecule has 0 radical (unpaired) electrons. The summed E-state index contributed by atoms with van der Waals surface area (Å²) in [6.07, 6.45) is 7.03. The van der Waals surface area contributed by atoms with Gasteiger partial charge in [-0.1, -0.05) is 0 Å². The van der Waals surface area contributed by atoms with Crippen LogP contribution >= 0.6 is 0 Å². The minimum atomic E-state index is 0.433. The van der Waals surface area contributed by atoms with E-state index in [0.717, 1.165) is 32.6 Å². The first-order chi connectivity index (χ1) is 5.81. The summed E-state index contributed by atoms with van der Waals surface area (Å²) in [5.41, 5.74) is 0. The van der Waals surface area contributed by atoms with Crippen LogP contribution in [0, 0.1) is 12.3 Å². The Morgan fingerprint density at radius 1 is 1.58 bits per heavy atom. The average Bonchev–Trinajstić information content (AvgIpc) is 2.09. The number of terminal acetylenes is 1. The standard InChI is InChI=1S/C10H19NO/c1-4-6-7-8-11-10(3)9-12-5-2/h1,10-11H,5-9H2,2-3H3.